The van der Waals surface area contributed by atoms with Crippen LogP contribution in [-0.4, -0.2) is 73.2 Å². The van der Waals surface area contributed by atoms with Gasteiger partial charge in [0.15, 0.2) is 0 Å². The summed E-state index contributed by atoms with van der Waals surface area (Å²) in [5.41, 5.74) is 8.78. The smallest absolute Gasteiger partial charge is 0.323 e. The van der Waals surface area contributed by atoms with Crippen molar-refractivity contribution in [1.82, 2.24) is 18.5 Å². The van der Waals surface area contributed by atoms with E-state index in [-0.39, 0.29) is 0 Å². The Bertz CT molecular complexity index is 986. The van der Waals surface area contributed by atoms with Gasteiger partial charge in [0.1, 0.15) is 0 Å². The molecule has 1 fully saturated rings. The molecular weight excluding hydrogens is 404 g/mol. The van der Waals surface area contributed by atoms with E-state index in [1.165, 1.54) is 13.5 Å². The Morgan fingerprint density at radius 1 is 1.10 bits per heavy atom. The van der Waals surface area contributed by atoms with E-state index in [0.29, 0.717) is 44.1 Å². The Morgan fingerprint density at radius 3 is 2.37 bits per heavy atom. The number of carbonyl (C=O) groups excluding carboxylic acids is 1. The number of nitrogens with two attached hydrogens (primary N) is 1. The van der Waals surface area contributed by atoms with Gasteiger partial charge in [-0.2, -0.15) is 17.0 Å². The van der Waals surface area contributed by atoms with Crippen LogP contribution in [0.1, 0.15) is 11.3 Å². The van der Waals surface area contributed by atoms with E-state index in [9.17, 15) is 13.2 Å². The number of urea groups is 1. The molecule has 1 aliphatic rings. The van der Waals surface area contributed by atoms with Crippen LogP contribution in [0.2, 0.25) is 0 Å². The van der Waals surface area contributed by atoms with E-state index < -0.39 is 16.2 Å². The van der Waals surface area contributed by atoms with E-state index in [4.69, 9.17) is 5.73 Å². The molecule has 30 heavy (non-hydrogen) atoms. The third-order valence-corrected chi connectivity index (χ3v) is 7.01. The van der Waals surface area contributed by atoms with Crippen molar-refractivity contribution in [3.05, 3.63) is 53.9 Å². The lowest BCUT2D eigenvalue weighted by molar-refractivity contribution is 0.177. The quantitative estimate of drug-likeness (QED) is 0.746. The Morgan fingerprint density at radius 2 is 1.80 bits per heavy atom. The molecule has 0 atom stereocenters. The SMILES string of the molecule is Cc1ccc(N(C(N)=O)c2cccc(CN3CCN(S(=O)(=O)N(C)C)CC3)c2)cn1. The summed E-state index contributed by atoms with van der Waals surface area (Å²) in [6.45, 7) is 4.70. The first-order chi connectivity index (χ1) is 14.2. The van der Waals surface area contributed by atoms with Gasteiger partial charge in [0.25, 0.3) is 10.2 Å². The lowest BCUT2D eigenvalue weighted by Gasteiger charge is -2.35. The van der Waals surface area contributed by atoms with Gasteiger partial charge in [0.05, 0.1) is 17.6 Å². The van der Waals surface area contributed by atoms with Gasteiger partial charge in [-0.15, -0.1) is 0 Å². The maximum Gasteiger partial charge on any atom is 0.323 e. The van der Waals surface area contributed by atoms with Crippen molar-refractivity contribution in [3.8, 4) is 0 Å². The van der Waals surface area contributed by atoms with Gasteiger partial charge >= 0.3 is 6.03 Å². The highest BCUT2D eigenvalue weighted by atomic mass is 32.2. The fourth-order valence-electron chi connectivity index (χ4n) is 3.40. The van der Waals surface area contributed by atoms with E-state index in [1.807, 2.05) is 43.3 Å². The van der Waals surface area contributed by atoms with Crippen LogP contribution in [0.15, 0.2) is 42.6 Å². The average molecular weight is 433 g/mol. The first kappa shape index (κ1) is 22.2. The van der Waals surface area contributed by atoms with Crippen molar-refractivity contribution in [1.29, 1.82) is 0 Å². The topological polar surface area (TPSA) is 103 Å². The highest BCUT2D eigenvalue weighted by Crippen LogP contribution is 2.26. The third-order valence-electron chi connectivity index (χ3n) is 5.07. The summed E-state index contributed by atoms with van der Waals surface area (Å²) in [5, 5.41) is 0. The molecule has 10 heteroatoms. The third kappa shape index (κ3) is 4.96. The predicted octanol–water partition coefficient (Wildman–Crippen LogP) is 1.53. The molecule has 0 unspecified atom stereocenters. The molecule has 1 aliphatic heterocycles. The molecule has 1 aromatic heterocycles. The van der Waals surface area contributed by atoms with Crippen LogP contribution in [0.3, 0.4) is 0 Å². The van der Waals surface area contributed by atoms with Crippen molar-refractivity contribution in [2.24, 2.45) is 5.73 Å². The van der Waals surface area contributed by atoms with Crippen LogP contribution in [0, 0.1) is 6.92 Å². The van der Waals surface area contributed by atoms with Gasteiger partial charge in [0, 0.05) is 52.5 Å². The summed E-state index contributed by atoms with van der Waals surface area (Å²) in [4.78, 5) is 20.0. The summed E-state index contributed by atoms with van der Waals surface area (Å²) in [7, 11) is -0.296. The van der Waals surface area contributed by atoms with Gasteiger partial charge in [-0.25, -0.2) is 4.79 Å². The van der Waals surface area contributed by atoms with Gasteiger partial charge in [-0.1, -0.05) is 12.1 Å². The zero-order valence-corrected chi connectivity index (χ0v) is 18.3. The zero-order valence-electron chi connectivity index (χ0n) is 17.5. The van der Waals surface area contributed by atoms with Gasteiger partial charge in [-0.05, 0) is 36.8 Å². The average Bonchev–Trinajstić information content (AvgIpc) is 2.70. The number of hydrogen-bond acceptors (Lipinski definition) is 5. The van der Waals surface area contributed by atoms with Crippen molar-refractivity contribution < 1.29 is 13.2 Å². The molecule has 2 N–H and O–H groups in total. The zero-order chi connectivity index (χ0) is 21.9. The number of pyridine rings is 1. The van der Waals surface area contributed by atoms with Gasteiger partial charge in [-0.3, -0.25) is 14.8 Å². The van der Waals surface area contributed by atoms with Crippen molar-refractivity contribution >= 4 is 27.6 Å². The molecular formula is C20H28N6O3S. The number of piperazine rings is 1. The molecule has 0 bridgehead atoms. The molecule has 2 amide bonds. The maximum atomic E-state index is 12.3. The molecule has 0 saturated carbocycles. The lowest BCUT2D eigenvalue weighted by Crippen LogP contribution is -2.51. The van der Waals surface area contributed by atoms with Crippen LogP contribution in [0.25, 0.3) is 0 Å². The number of benzene rings is 1. The summed E-state index contributed by atoms with van der Waals surface area (Å²) in [5.74, 6) is 0. The van der Waals surface area contributed by atoms with Crippen molar-refractivity contribution in [2.45, 2.75) is 13.5 Å². The van der Waals surface area contributed by atoms with Crippen LogP contribution in [-0.2, 0) is 16.8 Å². The second-order valence-corrected chi connectivity index (χ2v) is 9.61. The number of primary amides is 1. The minimum Gasteiger partial charge on any atom is -0.351 e. The Labute approximate surface area is 177 Å². The number of carbonyl (C=O) groups is 1. The van der Waals surface area contributed by atoms with Gasteiger partial charge in [0.2, 0.25) is 0 Å². The number of aryl methyl sites for hydroxylation is 1. The number of anilines is 2. The molecule has 0 spiro atoms. The Kier molecular flexibility index (Phi) is 6.71. The van der Waals surface area contributed by atoms with E-state index >= 15 is 0 Å². The first-order valence-corrected chi connectivity index (χ1v) is 11.1. The largest absolute Gasteiger partial charge is 0.351 e. The second-order valence-electron chi connectivity index (χ2n) is 7.47. The standard InChI is InChI=1S/C20H28N6O3S/c1-16-7-8-19(14-22-16)26(20(21)27)18-6-4-5-17(13-18)15-24-9-11-25(12-10-24)30(28,29)23(2)3/h4-8,13-14H,9-12,15H2,1-3H3,(H2,21,27). The number of amides is 2. The molecule has 2 heterocycles. The highest BCUT2D eigenvalue weighted by Gasteiger charge is 2.28. The van der Waals surface area contributed by atoms with E-state index in [0.717, 1.165) is 11.3 Å². The monoisotopic (exact) mass is 432 g/mol. The molecule has 9 nitrogen and oxygen atoms in total. The summed E-state index contributed by atoms with van der Waals surface area (Å²) >= 11 is 0. The van der Waals surface area contributed by atoms with Gasteiger partial charge < -0.3 is 5.73 Å². The number of hydrogen-bond donors (Lipinski definition) is 1. The molecule has 0 radical (unpaired) electrons. The van der Waals surface area contributed by atoms with Crippen molar-refractivity contribution in [3.63, 3.8) is 0 Å². The predicted molar refractivity (Wildman–Crippen MR) is 117 cm³/mol. The molecule has 1 saturated heterocycles. The minimum atomic E-state index is -3.38. The maximum absolute atomic E-state index is 12.3. The molecule has 0 aliphatic carbocycles. The summed E-state index contributed by atoms with van der Waals surface area (Å²) in [6, 6.07) is 10.7. The van der Waals surface area contributed by atoms with E-state index in [2.05, 4.69) is 9.88 Å². The molecule has 2 aromatic rings. The Hall–Kier alpha value is -2.53. The summed E-state index contributed by atoms with van der Waals surface area (Å²) < 4.78 is 27.3. The molecule has 162 valence electrons. The van der Waals surface area contributed by atoms with Crippen molar-refractivity contribution in [2.75, 3.05) is 45.2 Å². The van der Waals surface area contributed by atoms with Crippen LogP contribution >= 0.6 is 0 Å². The van der Waals surface area contributed by atoms with Crippen LogP contribution in [0.4, 0.5) is 16.2 Å². The van der Waals surface area contributed by atoms with E-state index in [1.54, 1.807) is 20.3 Å². The lowest BCUT2D eigenvalue weighted by atomic mass is 10.1. The fraction of sp³-hybridized carbons (Fsp3) is 0.400. The first-order valence-electron chi connectivity index (χ1n) is 9.69. The number of nitrogens with zero attached hydrogens (tertiary/aromatic N) is 5. The second kappa shape index (κ2) is 9.09. The normalized spacial score (nSPS) is 16.0. The van der Waals surface area contributed by atoms with Crippen LogP contribution in [0.5, 0.6) is 0 Å². The summed E-state index contributed by atoms with van der Waals surface area (Å²) in [6.07, 6.45) is 1.62. The molecule has 3 rings (SSSR count). The number of rotatable bonds is 6. The Balaban J connectivity index is 1.71. The minimum absolute atomic E-state index is 0.447. The van der Waals surface area contributed by atoms with Crippen LogP contribution < -0.4 is 10.6 Å². The number of aromatic nitrogens is 1. The molecule has 1 aromatic carbocycles. The highest BCUT2D eigenvalue weighted by molar-refractivity contribution is 7.86. The fourth-order valence-corrected chi connectivity index (χ4v) is 4.48.